The summed E-state index contributed by atoms with van der Waals surface area (Å²) in [5.74, 6) is -0.0900. The van der Waals surface area contributed by atoms with Crippen molar-refractivity contribution < 1.29 is 4.79 Å². The van der Waals surface area contributed by atoms with E-state index in [4.69, 9.17) is 5.53 Å². The predicted octanol–water partition coefficient (Wildman–Crippen LogP) is 1.94. The molecule has 1 aromatic rings. The maximum atomic E-state index is 11.7. The number of amides is 1. The largest absolute Gasteiger partial charge is 0.351 e. The molecule has 6 heteroatoms. The van der Waals surface area contributed by atoms with Crippen LogP contribution in [0.25, 0.3) is 10.4 Å². The molecule has 86 valence electrons. The molecular weight excluding hydrogens is 206 g/mol. The third-order valence-corrected chi connectivity index (χ3v) is 2.19. The van der Waals surface area contributed by atoms with Crippen LogP contribution in [0.3, 0.4) is 0 Å². The Labute approximate surface area is 93.9 Å². The van der Waals surface area contributed by atoms with E-state index in [-0.39, 0.29) is 5.91 Å². The lowest BCUT2D eigenvalue weighted by atomic mass is 10.3. The van der Waals surface area contributed by atoms with E-state index >= 15 is 0 Å². The van der Waals surface area contributed by atoms with Gasteiger partial charge >= 0.3 is 0 Å². The molecule has 6 nitrogen and oxygen atoms in total. The van der Waals surface area contributed by atoms with Gasteiger partial charge in [0.15, 0.2) is 0 Å². The van der Waals surface area contributed by atoms with E-state index in [0.29, 0.717) is 25.2 Å². The molecule has 0 aliphatic heterocycles. The highest BCUT2D eigenvalue weighted by molar-refractivity contribution is 5.92. The maximum Gasteiger partial charge on any atom is 0.267 e. The molecule has 16 heavy (non-hydrogen) atoms. The van der Waals surface area contributed by atoms with E-state index < -0.39 is 0 Å². The first-order chi connectivity index (χ1) is 7.79. The summed E-state index contributed by atoms with van der Waals surface area (Å²) < 4.78 is 1.88. The molecule has 0 aromatic carbocycles. The average Bonchev–Trinajstić information content (AvgIpc) is 2.76. The van der Waals surface area contributed by atoms with Gasteiger partial charge in [-0.25, -0.2) is 0 Å². The van der Waals surface area contributed by atoms with Gasteiger partial charge in [0.2, 0.25) is 0 Å². The topological polar surface area (TPSA) is 82.8 Å². The number of hydrogen-bond acceptors (Lipinski definition) is 2. The number of aromatic nitrogens is 1. The monoisotopic (exact) mass is 221 g/mol. The minimum Gasteiger partial charge on any atom is -0.351 e. The lowest BCUT2D eigenvalue weighted by molar-refractivity contribution is 0.0944. The van der Waals surface area contributed by atoms with Crippen LogP contribution < -0.4 is 5.32 Å². The van der Waals surface area contributed by atoms with Gasteiger partial charge in [-0.2, -0.15) is 0 Å². The molecule has 0 aliphatic carbocycles. The molecule has 1 rings (SSSR count). The summed E-state index contributed by atoms with van der Waals surface area (Å²) in [6, 6.07) is 3.63. The van der Waals surface area contributed by atoms with Gasteiger partial charge < -0.3 is 9.88 Å². The van der Waals surface area contributed by atoms with Crippen LogP contribution in [0.5, 0.6) is 0 Å². The number of nitrogens with zero attached hydrogens (tertiary/aromatic N) is 4. The Hall–Kier alpha value is -1.94. The molecule has 1 aromatic heterocycles. The Balaban J connectivity index is 2.38. The number of azide groups is 1. The molecule has 0 atom stereocenters. The molecular formula is C10H15N5O. The Morgan fingerprint density at radius 2 is 2.50 bits per heavy atom. The third-order valence-electron chi connectivity index (χ3n) is 2.19. The van der Waals surface area contributed by atoms with Crippen LogP contribution in [0.2, 0.25) is 0 Å². The second-order valence-corrected chi connectivity index (χ2v) is 3.24. The number of carbonyl (C=O) groups is 1. The van der Waals surface area contributed by atoms with Crippen LogP contribution in [0, 0.1) is 0 Å². The molecule has 0 bridgehead atoms. The van der Waals surface area contributed by atoms with Crippen molar-refractivity contribution >= 4 is 5.91 Å². The van der Waals surface area contributed by atoms with Crippen LogP contribution in [-0.2, 0) is 6.54 Å². The molecule has 0 saturated heterocycles. The summed E-state index contributed by atoms with van der Waals surface area (Å²) in [6.07, 6.45) is 2.53. The van der Waals surface area contributed by atoms with E-state index in [0.717, 1.165) is 6.54 Å². The molecule has 0 aliphatic rings. The smallest absolute Gasteiger partial charge is 0.267 e. The molecule has 0 fully saturated rings. The van der Waals surface area contributed by atoms with Gasteiger partial charge in [0.05, 0.1) is 0 Å². The summed E-state index contributed by atoms with van der Waals surface area (Å²) >= 11 is 0. The van der Waals surface area contributed by atoms with Crippen molar-refractivity contribution in [2.45, 2.75) is 19.9 Å². The normalized spacial score (nSPS) is 9.56. The first-order valence-electron chi connectivity index (χ1n) is 5.23. The van der Waals surface area contributed by atoms with E-state index in [2.05, 4.69) is 15.3 Å². The Kier molecular flexibility index (Phi) is 4.95. The number of nitrogens with one attached hydrogen (secondary N) is 1. The zero-order valence-corrected chi connectivity index (χ0v) is 9.26. The van der Waals surface area contributed by atoms with E-state index in [1.54, 1.807) is 6.07 Å². The van der Waals surface area contributed by atoms with Crippen molar-refractivity contribution in [2.75, 3.05) is 13.1 Å². The number of carbonyl (C=O) groups excluding carboxylic acids is 1. The van der Waals surface area contributed by atoms with Crippen LogP contribution >= 0.6 is 0 Å². The van der Waals surface area contributed by atoms with Crippen LogP contribution in [0.15, 0.2) is 23.4 Å². The molecule has 1 amide bonds. The van der Waals surface area contributed by atoms with Gasteiger partial charge in [-0.1, -0.05) is 5.11 Å². The minimum atomic E-state index is -0.0900. The highest BCUT2D eigenvalue weighted by Gasteiger charge is 2.08. The SMILES string of the molecule is CCn1cccc1C(=O)NCCCN=[N+]=[N-]. The lowest BCUT2D eigenvalue weighted by Gasteiger charge is -2.06. The van der Waals surface area contributed by atoms with Gasteiger partial charge in [-0.3, -0.25) is 4.79 Å². The highest BCUT2D eigenvalue weighted by atomic mass is 16.1. The second-order valence-electron chi connectivity index (χ2n) is 3.24. The van der Waals surface area contributed by atoms with Crippen molar-refractivity contribution in [3.05, 3.63) is 34.5 Å². The molecule has 0 saturated carbocycles. The van der Waals surface area contributed by atoms with Crippen LogP contribution in [0.1, 0.15) is 23.8 Å². The zero-order valence-electron chi connectivity index (χ0n) is 9.26. The summed E-state index contributed by atoms with van der Waals surface area (Å²) in [5, 5.41) is 6.16. The first kappa shape index (κ1) is 12.1. The van der Waals surface area contributed by atoms with Gasteiger partial charge in [-0.15, -0.1) is 0 Å². The van der Waals surface area contributed by atoms with Crippen molar-refractivity contribution in [3.8, 4) is 0 Å². The van der Waals surface area contributed by atoms with Crippen molar-refractivity contribution in [1.82, 2.24) is 9.88 Å². The Morgan fingerprint density at radius 3 is 3.19 bits per heavy atom. The Morgan fingerprint density at radius 1 is 1.69 bits per heavy atom. The number of hydrogen-bond donors (Lipinski definition) is 1. The van der Waals surface area contributed by atoms with Crippen molar-refractivity contribution in [3.63, 3.8) is 0 Å². The molecule has 1 heterocycles. The molecule has 0 spiro atoms. The van der Waals surface area contributed by atoms with Crippen LogP contribution in [0.4, 0.5) is 0 Å². The van der Waals surface area contributed by atoms with E-state index in [1.165, 1.54) is 0 Å². The lowest BCUT2D eigenvalue weighted by Crippen LogP contribution is -2.26. The van der Waals surface area contributed by atoms with E-state index in [9.17, 15) is 4.79 Å². The van der Waals surface area contributed by atoms with E-state index in [1.807, 2.05) is 23.8 Å². The second kappa shape index (κ2) is 6.53. The quantitative estimate of drug-likeness (QED) is 0.338. The fourth-order valence-corrected chi connectivity index (χ4v) is 1.38. The minimum absolute atomic E-state index is 0.0900. The standard InChI is InChI=1S/C10H15N5O/c1-2-15-8-3-5-9(15)10(16)12-6-4-7-13-14-11/h3,5,8H,2,4,6-7H2,1H3,(H,12,16). The summed E-state index contributed by atoms with van der Waals surface area (Å²) in [4.78, 5) is 14.3. The van der Waals surface area contributed by atoms with Gasteiger partial charge in [0.25, 0.3) is 5.91 Å². The Bertz CT molecular complexity index is 392. The first-order valence-corrected chi connectivity index (χ1v) is 5.23. The number of rotatable bonds is 6. The fourth-order valence-electron chi connectivity index (χ4n) is 1.38. The predicted molar refractivity (Wildman–Crippen MR) is 61.1 cm³/mol. The van der Waals surface area contributed by atoms with Gasteiger partial charge in [0.1, 0.15) is 5.69 Å². The van der Waals surface area contributed by atoms with Crippen LogP contribution in [-0.4, -0.2) is 23.6 Å². The zero-order chi connectivity index (χ0) is 11.8. The maximum absolute atomic E-state index is 11.7. The average molecular weight is 221 g/mol. The molecule has 0 unspecified atom stereocenters. The number of aryl methyl sites for hydroxylation is 1. The summed E-state index contributed by atoms with van der Waals surface area (Å²) in [6.45, 7) is 3.69. The van der Waals surface area contributed by atoms with Crippen molar-refractivity contribution in [1.29, 1.82) is 0 Å². The third kappa shape index (κ3) is 3.33. The molecule has 1 N–H and O–H groups in total. The summed E-state index contributed by atoms with van der Waals surface area (Å²) in [5.41, 5.74) is 8.72. The molecule has 0 radical (unpaired) electrons. The summed E-state index contributed by atoms with van der Waals surface area (Å²) in [7, 11) is 0. The van der Waals surface area contributed by atoms with Gasteiger partial charge in [-0.05, 0) is 31.0 Å². The van der Waals surface area contributed by atoms with Gasteiger partial charge in [0, 0.05) is 30.7 Å². The highest BCUT2D eigenvalue weighted by Crippen LogP contribution is 2.01. The van der Waals surface area contributed by atoms with Crippen molar-refractivity contribution in [2.24, 2.45) is 5.11 Å². The fraction of sp³-hybridized carbons (Fsp3) is 0.500.